The van der Waals surface area contributed by atoms with E-state index in [1.165, 1.54) is 0 Å². The van der Waals surface area contributed by atoms with Gasteiger partial charge in [0.2, 0.25) is 0 Å². The predicted octanol–water partition coefficient (Wildman–Crippen LogP) is 2.56. The van der Waals surface area contributed by atoms with Crippen molar-refractivity contribution in [2.24, 2.45) is 4.99 Å². The number of allylic oxidation sites excluding steroid dienone is 2. The fourth-order valence-electron chi connectivity index (χ4n) is 0.475. The quantitative estimate of drug-likeness (QED) is 0.511. The van der Waals surface area contributed by atoms with Gasteiger partial charge in [-0.15, -0.1) is 0 Å². The van der Waals surface area contributed by atoms with Crippen molar-refractivity contribution < 1.29 is 0 Å². The molecule has 0 saturated carbocycles. The lowest BCUT2D eigenvalue weighted by Gasteiger charge is -1.84. The molecule has 0 aromatic rings. The van der Waals surface area contributed by atoms with E-state index in [9.17, 15) is 0 Å². The Morgan fingerprint density at radius 1 is 1.67 bits per heavy atom. The summed E-state index contributed by atoms with van der Waals surface area (Å²) in [6, 6.07) is 0. The van der Waals surface area contributed by atoms with Gasteiger partial charge in [-0.2, -0.15) is 0 Å². The Bertz CT molecular complexity index is 132. The van der Waals surface area contributed by atoms with Crippen molar-refractivity contribution in [2.45, 2.75) is 20.3 Å². The fourth-order valence-corrected chi connectivity index (χ4v) is 0.475. The topological polar surface area (TPSA) is 12.4 Å². The first-order valence-electron chi connectivity index (χ1n) is 3.13. The van der Waals surface area contributed by atoms with Crippen LogP contribution in [0.4, 0.5) is 0 Å². The van der Waals surface area contributed by atoms with Crippen LogP contribution >= 0.6 is 0 Å². The largest absolute Gasteiger partial charge is 0.262 e. The third kappa shape index (κ3) is 5.01. The van der Waals surface area contributed by atoms with Crippen molar-refractivity contribution in [3.63, 3.8) is 0 Å². The molecule has 9 heavy (non-hydrogen) atoms. The van der Waals surface area contributed by atoms with Crippen LogP contribution in [0.3, 0.4) is 0 Å². The number of aliphatic imine (C=N–C) groups is 1. The third-order valence-corrected chi connectivity index (χ3v) is 0.890. The maximum atomic E-state index is 3.96. The zero-order valence-electron chi connectivity index (χ0n) is 6.09. The lowest BCUT2D eigenvalue weighted by Crippen LogP contribution is -1.80. The first kappa shape index (κ1) is 8.15. The van der Waals surface area contributed by atoms with Crippen molar-refractivity contribution >= 4 is 5.71 Å². The van der Waals surface area contributed by atoms with E-state index in [4.69, 9.17) is 0 Å². The average molecular weight is 123 g/mol. The lowest BCUT2D eigenvalue weighted by molar-refractivity contribution is 1.23. The molecule has 0 atom stereocenters. The standard InChI is InChI=1S/C8H13N/c1-4-6-7-8(3)9-5-2/h5-7H,2,4H2,1,3H3/b7-6-,9-8?. The molecule has 0 heterocycles. The minimum Gasteiger partial charge on any atom is -0.262 e. The summed E-state index contributed by atoms with van der Waals surface area (Å²) in [5.74, 6) is 0. The molecule has 0 bridgehead atoms. The van der Waals surface area contributed by atoms with Gasteiger partial charge in [-0.05, 0) is 19.4 Å². The summed E-state index contributed by atoms with van der Waals surface area (Å²) in [6.07, 6.45) is 6.67. The molecule has 0 spiro atoms. The molecule has 0 radical (unpaired) electrons. The predicted molar refractivity (Wildman–Crippen MR) is 42.7 cm³/mol. The summed E-state index contributed by atoms with van der Waals surface area (Å²) in [6.45, 7) is 7.53. The van der Waals surface area contributed by atoms with Crippen LogP contribution in [-0.2, 0) is 0 Å². The maximum absolute atomic E-state index is 3.96. The Morgan fingerprint density at radius 3 is 2.78 bits per heavy atom. The van der Waals surface area contributed by atoms with Crippen LogP contribution in [0.2, 0.25) is 0 Å². The molecule has 0 N–H and O–H groups in total. The summed E-state index contributed by atoms with van der Waals surface area (Å²) in [7, 11) is 0. The average Bonchev–Trinajstić information content (AvgIpc) is 1.85. The third-order valence-electron chi connectivity index (χ3n) is 0.890. The summed E-state index contributed by atoms with van der Waals surface area (Å²) in [5.41, 5.74) is 1.01. The van der Waals surface area contributed by atoms with E-state index in [2.05, 4.69) is 24.6 Å². The van der Waals surface area contributed by atoms with Crippen LogP contribution in [-0.4, -0.2) is 5.71 Å². The van der Waals surface area contributed by atoms with Crippen molar-refractivity contribution in [1.29, 1.82) is 0 Å². The second kappa shape index (κ2) is 5.29. The van der Waals surface area contributed by atoms with Crippen LogP contribution < -0.4 is 0 Å². The first-order valence-corrected chi connectivity index (χ1v) is 3.13. The number of hydrogen-bond donors (Lipinski definition) is 0. The molecule has 0 fully saturated rings. The molecular weight excluding hydrogens is 110 g/mol. The van der Waals surface area contributed by atoms with E-state index in [1.807, 2.05) is 13.0 Å². The Kier molecular flexibility index (Phi) is 4.79. The summed E-state index contributed by atoms with van der Waals surface area (Å²) in [4.78, 5) is 3.96. The van der Waals surface area contributed by atoms with E-state index < -0.39 is 0 Å². The van der Waals surface area contributed by atoms with Gasteiger partial charge in [0.15, 0.2) is 0 Å². The molecule has 1 nitrogen and oxygen atoms in total. The normalized spacial score (nSPS) is 12.4. The summed E-state index contributed by atoms with van der Waals surface area (Å²) < 4.78 is 0. The molecule has 0 unspecified atom stereocenters. The maximum Gasteiger partial charge on any atom is 0.0369 e. The second-order valence-electron chi connectivity index (χ2n) is 1.76. The van der Waals surface area contributed by atoms with Gasteiger partial charge in [0.05, 0.1) is 0 Å². The zero-order valence-corrected chi connectivity index (χ0v) is 6.09. The first-order chi connectivity index (χ1) is 4.31. The molecule has 0 saturated heterocycles. The second-order valence-corrected chi connectivity index (χ2v) is 1.76. The zero-order chi connectivity index (χ0) is 7.11. The molecule has 50 valence electrons. The van der Waals surface area contributed by atoms with E-state index in [-0.39, 0.29) is 0 Å². The van der Waals surface area contributed by atoms with Gasteiger partial charge in [0, 0.05) is 11.9 Å². The molecule has 0 aromatic carbocycles. The molecular formula is C8H13N. The van der Waals surface area contributed by atoms with Crippen LogP contribution in [0.5, 0.6) is 0 Å². The summed E-state index contributed by atoms with van der Waals surface area (Å²) >= 11 is 0. The van der Waals surface area contributed by atoms with Gasteiger partial charge < -0.3 is 0 Å². The Hall–Kier alpha value is -0.850. The van der Waals surface area contributed by atoms with Crippen LogP contribution in [0.25, 0.3) is 0 Å². The highest BCUT2D eigenvalue weighted by molar-refractivity contribution is 5.93. The van der Waals surface area contributed by atoms with Gasteiger partial charge in [0.1, 0.15) is 0 Å². The smallest absolute Gasteiger partial charge is 0.0369 e. The van der Waals surface area contributed by atoms with Gasteiger partial charge in [-0.1, -0.05) is 19.6 Å². The molecule has 0 aromatic heterocycles. The fraction of sp³-hybridized carbons (Fsp3) is 0.375. The molecule has 1 heteroatoms. The highest BCUT2D eigenvalue weighted by atomic mass is 14.7. The minimum atomic E-state index is 1.01. The van der Waals surface area contributed by atoms with E-state index in [0.29, 0.717) is 0 Å². The van der Waals surface area contributed by atoms with Crippen LogP contribution in [0, 0.1) is 0 Å². The van der Waals surface area contributed by atoms with E-state index in [0.717, 1.165) is 12.1 Å². The molecule has 0 amide bonds. The highest BCUT2D eigenvalue weighted by Gasteiger charge is 1.75. The Labute approximate surface area is 56.8 Å². The van der Waals surface area contributed by atoms with E-state index in [1.54, 1.807) is 6.20 Å². The monoisotopic (exact) mass is 123 g/mol. The van der Waals surface area contributed by atoms with Crippen molar-refractivity contribution in [2.75, 3.05) is 0 Å². The minimum absolute atomic E-state index is 1.01. The van der Waals surface area contributed by atoms with Crippen LogP contribution in [0.15, 0.2) is 29.9 Å². The van der Waals surface area contributed by atoms with Crippen molar-refractivity contribution in [1.82, 2.24) is 0 Å². The number of rotatable bonds is 3. The van der Waals surface area contributed by atoms with Crippen LogP contribution in [0.1, 0.15) is 20.3 Å². The summed E-state index contributed by atoms with van der Waals surface area (Å²) in [5, 5.41) is 0. The molecule has 0 aliphatic heterocycles. The SMILES string of the molecule is C=CN=C(C)/C=C\CC. The molecule has 0 aliphatic carbocycles. The highest BCUT2D eigenvalue weighted by Crippen LogP contribution is 1.84. The molecule has 0 rings (SSSR count). The van der Waals surface area contributed by atoms with Gasteiger partial charge in [-0.3, -0.25) is 4.99 Å². The number of hydrogen-bond acceptors (Lipinski definition) is 1. The van der Waals surface area contributed by atoms with Crippen molar-refractivity contribution in [3.8, 4) is 0 Å². The molecule has 0 aliphatic rings. The van der Waals surface area contributed by atoms with Gasteiger partial charge >= 0.3 is 0 Å². The van der Waals surface area contributed by atoms with Crippen molar-refractivity contribution in [3.05, 3.63) is 24.9 Å². The lowest BCUT2D eigenvalue weighted by atomic mass is 10.3. The van der Waals surface area contributed by atoms with Gasteiger partial charge in [-0.25, -0.2) is 0 Å². The van der Waals surface area contributed by atoms with E-state index >= 15 is 0 Å². The Balaban J connectivity index is 3.74. The van der Waals surface area contributed by atoms with Gasteiger partial charge in [0.25, 0.3) is 0 Å². The number of nitrogens with zero attached hydrogens (tertiary/aromatic N) is 1. The Morgan fingerprint density at radius 2 is 2.33 bits per heavy atom.